The van der Waals surface area contributed by atoms with Crippen LogP contribution in [-0.4, -0.2) is 56.5 Å². The Morgan fingerprint density at radius 3 is 1.80 bits per heavy atom. The van der Waals surface area contributed by atoms with E-state index in [1.165, 1.54) is 64.2 Å². The molecule has 1 aromatic carbocycles. The number of phenolic OH excluding ortho intramolecular Hbond substituents is 1. The fourth-order valence-corrected chi connectivity index (χ4v) is 2.53. The van der Waals surface area contributed by atoms with Crippen molar-refractivity contribution >= 4 is 51.4 Å². The van der Waals surface area contributed by atoms with E-state index in [-0.39, 0.29) is 51.4 Å². The minimum atomic E-state index is 0. The zero-order chi connectivity index (χ0) is 13.8. The van der Waals surface area contributed by atoms with Gasteiger partial charge in [-0.15, -0.1) is 0 Å². The summed E-state index contributed by atoms with van der Waals surface area (Å²) in [6.45, 7) is 2.27. The molecule has 0 spiro atoms. The van der Waals surface area contributed by atoms with E-state index < -0.39 is 0 Å². The largest absolute Gasteiger partial charge is 0.508 e. The van der Waals surface area contributed by atoms with Crippen LogP contribution in [0.2, 0.25) is 0 Å². The van der Waals surface area contributed by atoms with E-state index in [1.807, 2.05) is 18.2 Å². The van der Waals surface area contributed by atoms with Crippen LogP contribution in [0.3, 0.4) is 0 Å². The molecule has 0 atom stereocenters. The first-order chi connectivity index (χ1) is 9.34. The van der Waals surface area contributed by atoms with Gasteiger partial charge in [0.25, 0.3) is 0 Å². The Bertz CT molecular complexity index is 325. The van der Waals surface area contributed by atoms with Gasteiger partial charge in [-0.2, -0.15) is 0 Å². The fraction of sp³-hybridized carbons (Fsp3) is 0.667. The molecule has 0 saturated heterocycles. The molecule has 1 aromatic rings. The first-order valence-corrected chi connectivity index (χ1v) is 8.11. The molecule has 0 bridgehead atoms. The molecule has 109 valence electrons. The van der Waals surface area contributed by atoms with Crippen molar-refractivity contribution in [1.82, 2.24) is 0 Å². The zero-order valence-electron chi connectivity index (χ0n) is 13.5. The van der Waals surface area contributed by atoms with Gasteiger partial charge in [-0.1, -0.05) is 82.9 Å². The third kappa shape index (κ3) is 10.4. The summed E-state index contributed by atoms with van der Waals surface area (Å²) in [4.78, 5) is 0. The van der Waals surface area contributed by atoms with E-state index in [1.54, 1.807) is 6.07 Å². The molecule has 0 aliphatic carbocycles. The first kappa shape index (κ1) is 20.7. The van der Waals surface area contributed by atoms with Crippen molar-refractivity contribution in [2.75, 3.05) is 0 Å². The van der Waals surface area contributed by atoms with Gasteiger partial charge in [0.1, 0.15) is 5.75 Å². The Morgan fingerprint density at radius 2 is 1.25 bits per heavy atom. The van der Waals surface area contributed by atoms with Crippen LogP contribution < -0.4 is 0 Å². The van der Waals surface area contributed by atoms with Gasteiger partial charge < -0.3 is 5.11 Å². The third-order valence-corrected chi connectivity index (χ3v) is 3.79. The Kier molecular flexibility index (Phi) is 15.1. The molecule has 0 heterocycles. The number of benzene rings is 1. The first-order valence-electron chi connectivity index (χ1n) is 8.11. The monoisotopic (exact) mass is 301 g/mol. The second-order valence-electron chi connectivity index (χ2n) is 5.56. The average molecular weight is 302 g/mol. The number of hydrogen-bond acceptors (Lipinski definition) is 1. The summed E-state index contributed by atoms with van der Waals surface area (Å²) in [5.41, 5.74) is 1.10. The van der Waals surface area contributed by atoms with Crippen LogP contribution in [0.25, 0.3) is 0 Å². The number of aromatic hydroxyl groups is 1. The summed E-state index contributed by atoms with van der Waals surface area (Å²) < 4.78 is 0. The molecule has 1 N–H and O–H groups in total. The molecular formula is C18H30KO. The molecule has 0 unspecified atom stereocenters. The predicted molar refractivity (Wildman–Crippen MR) is 89.4 cm³/mol. The van der Waals surface area contributed by atoms with Gasteiger partial charge in [-0.05, 0) is 24.5 Å². The molecule has 0 aliphatic heterocycles. The van der Waals surface area contributed by atoms with E-state index in [4.69, 9.17) is 0 Å². The predicted octanol–water partition coefficient (Wildman–Crippen LogP) is 5.47. The van der Waals surface area contributed by atoms with E-state index in [0.717, 1.165) is 12.0 Å². The van der Waals surface area contributed by atoms with Crippen molar-refractivity contribution in [2.45, 2.75) is 77.6 Å². The minimum Gasteiger partial charge on any atom is -0.508 e. The summed E-state index contributed by atoms with van der Waals surface area (Å²) in [5, 5.41) is 9.65. The maximum Gasteiger partial charge on any atom is 0.118 e. The normalized spacial score (nSPS) is 10.2. The Hall–Kier alpha value is 0.656. The van der Waals surface area contributed by atoms with Crippen molar-refractivity contribution in [2.24, 2.45) is 0 Å². The standard InChI is InChI=1S/C18H30O.K/c1-2-3-4-5-6-7-8-9-10-11-14-17-15-12-13-16-18(17)19;/h12-13,15-16,19H,2-11,14H2,1H3;. The van der Waals surface area contributed by atoms with Crippen molar-refractivity contribution in [3.05, 3.63) is 29.8 Å². The molecule has 20 heavy (non-hydrogen) atoms. The summed E-state index contributed by atoms with van der Waals surface area (Å²) in [7, 11) is 0. The summed E-state index contributed by atoms with van der Waals surface area (Å²) >= 11 is 0. The van der Waals surface area contributed by atoms with Crippen LogP contribution in [0, 0.1) is 0 Å². The fourth-order valence-electron chi connectivity index (χ4n) is 2.53. The number of hydrogen-bond donors (Lipinski definition) is 1. The smallest absolute Gasteiger partial charge is 0.118 e. The molecule has 2 heteroatoms. The van der Waals surface area contributed by atoms with Crippen LogP contribution >= 0.6 is 0 Å². The number of unbranched alkanes of at least 4 members (excludes halogenated alkanes) is 9. The van der Waals surface area contributed by atoms with Gasteiger partial charge in [-0.25, -0.2) is 0 Å². The van der Waals surface area contributed by atoms with Gasteiger partial charge in [0.2, 0.25) is 0 Å². The van der Waals surface area contributed by atoms with Crippen LogP contribution in [0.5, 0.6) is 5.75 Å². The van der Waals surface area contributed by atoms with E-state index in [9.17, 15) is 5.11 Å². The molecular weight excluding hydrogens is 271 g/mol. The number of aryl methyl sites for hydroxylation is 1. The minimum absolute atomic E-state index is 0. The van der Waals surface area contributed by atoms with Crippen molar-refractivity contribution in [1.29, 1.82) is 0 Å². The molecule has 0 saturated carbocycles. The zero-order valence-corrected chi connectivity index (χ0v) is 16.7. The average Bonchev–Trinajstić information content (AvgIpc) is 2.43. The van der Waals surface area contributed by atoms with E-state index in [2.05, 4.69) is 6.92 Å². The van der Waals surface area contributed by atoms with E-state index in [0.29, 0.717) is 5.75 Å². The molecule has 0 aliphatic rings. The Balaban J connectivity index is 0.00000361. The second kappa shape index (κ2) is 14.6. The maximum absolute atomic E-state index is 9.65. The van der Waals surface area contributed by atoms with Crippen LogP contribution in [0.15, 0.2) is 24.3 Å². The summed E-state index contributed by atoms with van der Waals surface area (Å²) in [5.74, 6) is 0.457. The maximum atomic E-state index is 9.65. The van der Waals surface area contributed by atoms with Crippen molar-refractivity contribution < 1.29 is 5.11 Å². The SMILES string of the molecule is CCCCCCCCCCCCc1ccccc1O.[K]. The third-order valence-electron chi connectivity index (χ3n) is 3.79. The van der Waals surface area contributed by atoms with Crippen molar-refractivity contribution in [3.63, 3.8) is 0 Å². The van der Waals surface area contributed by atoms with Gasteiger partial charge in [-0.3, -0.25) is 0 Å². The number of rotatable bonds is 11. The van der Waals surface area contributed by atoms with E-state index >= 15 is 0 Å². The number of para-hydroxylation sites is 1. The second-order valence-corrected chi connectivity index (χ2v) is 5.56. The summed E-state index contributed by atoms with van der Waals surface area (Å²) in [6.07, 6.45) is 14.6. The molecule has 0 amide bonds. The van der Waals surface area contributed by atoms with Gasteiger partial charge in [0.05, 0.1) is 0 Å². The molecule has 0 fully saturated rings. The molecule has 1 radical (unpaired) electrons. The Morgan fingerprint density at radius 1 is 0.750 bits per heavy atom. The molecule has 1 nitrogen and oxygen atoms in total. The quantitative estimate of drug-likeness (QED) is 0.424. The molecule has 1 rings (SSSR count). The molecule has 0 aromatic heterocycles. The number of phenols is 1. The van der Waals surface area contributed by atoms with Gasteiger partial charge >= 0.3 is 0 Å². The van der Waals surface area contributed by atoms with Crippen LogP contribution in [-0.2, 0) is 6.42 Å². The topological polar surface area (TPSA) is 20.2 Å². The van der Waals surface area contributed by atoms with Crippen molar-refractivity contribution in [3.8, 4) is 5.75 Å². The summed E-state index contributed by atoms with van der Waals surface area (Å²) in [6, 6.07) is 7.71. The van der Waals surface area contributed by atoms with Crippen LogP contribution in [0.1, 0.15) is 76.7 Å². The van der Waals surface area contributed by atoms with Gasteiger partial charge in [0.15, 0.2) is 0 Å². The van der Waals surface area contributed by atoms with Gasteiger partial charge in [0, 0.05) is 51.4 Å². The van der Waals surface area contributed by atoms with Crippen LogP contribution in [0.4, 0.5) is 0 Å². The Labute approximate surface area is 168 Å².